The molecule has 4 aromatic carbocycles. The summed E-state index contributed by atoms with van der Waals surface area (Å²) < 4.78 is 30.5. The summed E-state index contributed by atoms with van der Waals surface area (Å²) in [7, 11) is -4.15. The van der Waals surface area contributed by atoms with Gasteiger partial charge in [-0.3, -0.25) is 13.9 Å². The van der Waals surface area contributed by atoms with Crippen molar-refractivity contribution in [2.75, 3.05) is 10.8 Å². The van der Waals surface area contributed by atoms with Crippen LogP contribution in [-0.4, -0.2) is 43.8 Å². The summed E-state index contributed by atoms with van der Waals surface area (Å²) in [4.78, 5) is 30.5. The van der Waals surface area contributed by atoms with Gasteiger partial charge in [-0.1, -0.05) is 102 Å². The van der Waals surface area contributed by atoms with Gasteiger partial charge in [0.25, 0.3) is 10.0 Å². The minimum Gasteiger partial charge on any atom is -0.352 e. The molecule has 1 saturated carbocycles. The van der Waals surface area contributed by atoms with Crippen LogP contribution in [0.1, 0.15) is 47.9 Å². The summed E-state index contributed by atoms with van der Waals surface area (Å²) in [5, 5.41) is 3.22. The van der Waals surface area contributed by atoms with Crippen molar-refractivity contribution >= 4 is 43.5 Å². The first-order chi connectivity index (χ1) is 22.1. The molecule has 1 fully saturated rings. The number of rotatable bonds is 12. The maximum Gasteiger partial charge on any atom is 0.264 e. The summed E-state index contributed by atoms with van der Waals surface area (Å²) in [6, 6.07) is 30.0. The Labute approximate surface area is 280 Å². The maximum atomic E-state index is 14.7. The summed E-state index contributed by atoms with van der Waals surface area (Å²) in [5.74, 6) is -0.703. The van der Waals surface area contributed by atoms with Crippen molar-refractivity contribution in [1.82, 2.24) is 10.2 Å². The molecule has 0 saturated heterocycles. The molecule has 2 amide bonds. The second kappa shape index (κ2) is 15.1. The Morgan fingerprint density at radius 3 is 2.15 bits per heavy atom. The van der Waals surface area contributed by atoms with Crippen LogP contribution >= 0.6 is 15.9 Å². The van der Waals surface area contributed by atoms with Gasteiger partial charge in [0.15, 0.2) is 0 Å². The highest BCUT2D eigenvalue weighted by molar-refractivity contribution is 9.10. The first-order valence-corrected chi connectivity index (χ1v) is 17.9. The zero-order valence-corrected chi connectivity index (χ0v) is 28.6. The maximum absolute atomic E-state index is 14.7. The van der Waals surface area contributed by atoms with Gasteiger partial charge in [0.05, 0.1) is 10.6 Å². The SMILES string of the molecule is Cc1cccc(N(CC(=O)N(Cc2cccc(Br)c2)[C@H](Cc2ccccc2)C(=O)NC2CCCC2)S(=O)(=O)c2ccccc2)c1C. The van der Waals surface area contributed by atoms with Crippen LogP contribution in [0.25, 0.3) is 0 Å². The van der Waals surface area contributed by atoms with Crippen LogP contribution in [0.5, 0.6) is 0 Å². The minimum absolute atomic E-state index is 0.0542. The average molecular weight is 703 g/mol. The van der Waals surface area contributed by atoms with Crippen molar-refractivity contribution in [3.63, 3.8) is 0 Å². The predicted octanol–water partition coefficient (Wildman–Crippen LogP) is 6.96. The minimum atomic E-state index is -4.15. The number of carbonyl (C=O) groups excluding carboxylic acids is 2. The number of nitrogens with one attached hydrogen (secondary N) is 1. The molecule has 0 spiro atoms. The van der Waals surface area contributed by atoms with Crippen molar-refractivity contribution in [3.05, 3.63) is 130 Å². The zero-order valence-electron chi connectivity index (χ0n) is 26.2. The molecule has 240 valence electrons. The molecule has 46 heavy (non-hydrogen) atoms. The number of hydrogen-bond donors (Lipinski definition) is 1. The quantitative estimate of drug-likeness (QED) is 0.173. The highest BCUT2D eigenvalue weighted by Crippen LogP contribution is 2.29. The molecular formula is C37H40BrN3O4S. The summed E-state index contributed by atoms with van der Waals surface area (Å²) in [6.07, 6.45) is 4.19. The summed E-state index contributed by atoms with van der Waals surface area (Å²) >= 11 is 3.53. The second-order valence-electron chi connectivity index (χ2n) is 11.9. The van der Waals surface area contributed by atoms with E-state index in [1.54, 1.807) is 35.2 Å². The first-order valence-electron chi connectivity index (χ1n) is 15.7. The van der Waals surface area contributed by atoms with E-state index in [-0.39, 0.29) is 29.8 Å². The van der Waals surface area contributed by atoms with Gasteiger partial charge in [-0.25, -0.2) is 8.42 Å². The average Bonchev–Trinajstić information content (AvgIpc) is 3.57. The Morgan fingerprint density at radius 2 is 1.48 bits per heavy atom. The molecule has 7 nitrogen and oxygen atoms in total. The molecule has 0 unspecified atom stereocenters. The molecule has 1 atom stereocenters. The molecule has 0 aromatic heterocycles. The second-order valence-corrected chi connectivity index (χ2v) is 14.7. The highest BCUT2D eigenvalue weighted by Gasteiger charge is 2.36. The normalized spacial score (nSPS) is 14.1. The topological polar surface area (TPSA) is 86.8 Å². The van der Waals surface area contributed by atoms with E-state index in [0.717, 1.165) is 52.4 Å². The third-order valence-electron chi connectivity index (χ3n) is 8.67. The van der Waals surface area contributed by atoms with Crippen LogP contribution in [-0.2, 0) is 32.6 Å². The van der Waals surface area contributed by atoms with Gasteiger partial charge in [0.2, 0.25) is 11.8 Å². The van der Waals surface area contributed by atoms with Gasteiger partial charge in [0.1, 0.15) is 12.6 Å². The van der Waals surface area contributed by atoms with Gasteiger partial charge < -0.3 is 10.2 Å². The lowest BCUT2D eigenvalue weighted by atomic mass is 10.0. The zero-order chi connectivity index (χ0) is 32.7. The van der Waals surface area contributed by atoms with Crippen LogP contribution < -0.4 is 9.62 Å². The number of hydrogen-bond acceptors (Lipinski definition) is 4. The molecule has 4 aromatic rings. The van der Waals surface area contributed by atoms with Gasteiger partial charge in [-0.05, 0) is 79.3 Å². The van der Waals surface area contributed by atoms with Gasteiger partial charge in [-0.2, -0.15) is 0 Å². The molecule has 1 aliphatic carbocycles. The number of sulfonamides is 1. The Balaban J connectivity index is 1.59. The van der Waals surface area contributed by atoms with Gasteiger partial charge in [0, 0.05) is 23.5 Å². The van der Waals surface area contributed by atoms with E-state index in [9.17, 15) is 18.0 Å². The monoisotopic (exact) mass is 701 g/mol. The molecule has 0 radical (unpaired) electrons. The molecule has 0 heterocycles. The molecule has 5 rings (SSSR count). The molecule has 0 bridgehead atoms. The van der Waals surface area contributed by atoms with E-state index in [1.807, 2.05) is 74.5 Å². The number of halogens is 1. The Morgan fingerprint density at radius 1 is 0.848 bits per heavy atom. The number of anilines is 1. The lowest BCUT2D eigenvalue weighted by molar-refractivity contribution is -0.140. The molecule has 9 heteroatoms. The number of amides is 2. The van der Waals surface area contributed by atoms with E-state index in [0.29, 0.717) is 5.69 Å². The van der Waals surface area contributed by atoms with Gasteiger partial charge >= 0.3 is 0 Å². The lowest BCUT2D eigenvalue weighted by Gasteiger charge is -2.34. The standard InChI is InChI=1S/C37H40BrN3O4S/c1-27-13-11-22-34(28(27)2)41(46(44,45)33-20-7-4-8-21-33)26-36(42)40(25-30-16-12-17-31(38)23-30)35(24-29-14-5-3-6-15-29)37(43)39-32-18-9-10-19-32/h3-8,11-17,20-23,32,35H,9-10,18-19,24-26H2,1-2H3,(H,39,43)/t35-/m1/s1. The largest absolute Gasteiger partial charge is 0.352 e. The summed E-state index contributed by atoms with van der Waals surface area (Å²) in [6.45, 7) is 3.42. The fraction of sp³-hybridized carbons (Fsp3) is 0.297. The Hall–Kier alpha value is -3.95. The van der Waals surface area contributed by atoms with E-state index in [4.69, 9.17) is 0 Å². The van der Waals surface area contributed by atoms with E-state index in [2.05, 4.69) is 21.2 Å². The van der Waals surface area contributed by atoms with Crippen molar-refractivity contribution in [1.29, 1.82) is 0 Å². The van der Waals surface area contributed by atoms with Crippen molar-refractivity contribution in [2.24, 2.45) is 0 Å². The van der Waals surface area contributed by atoms with E-state index >= 15 is 0 Å². The Bertz CT molecular complexity index is 1760. The number of nitrogens with zero attached hydrogens (tertiary/aromatic N) is 2. The number of aryl methyl sites for hydroxylation is 1. The van der Waals surface area contributed by atoms with Crippen molar-refractivity contribution in [2.45, 2.75) is 69.5 Å². The highest BCUT2D eigenvalue weighted by atomic mass is 79.9. The molecule has 1 N–H and O–H groups in total. The van der Waals surface area contributed by atoms with Crippen molar-refractivity contribution in [3.8, 4) is 0 Å². The van der Waals surface area contributed by atoms with Crippen LogP contribution in [0.3, 0.4) is 0 Å². The van der Waals surface area contributed by atoms with Crippen LogP contribution in [0, 0.1) is 13.8 Å². The molecule has 1 aliphatic rings. The Kier molecular flexibility index (Phi) is 11.0. The van der Waals surface area contributed by atoms with Crippen molar-refractivity contribution < 1.29 is 18.0 Å². The number of carbonyl (C=O) groups is 2. The first kappa shape index (κ1) is 33.4. The fourth-order valence-electron chi connectivity index (χ4n) is 5.99. The number of benzene rings is 4. The van der Waals surface area contributed by atoms with Crippen LogP contribution in [0.2, 0.25) is 0 Å². The predicted molar refractivity (Wildman–Crippen MR) is 186 cm³/mol. The molecular weight excluding hydrogens is 662 g/mol. The molecule has 0 aliphatic heterocycles. The lowest BCUT2D eigenvalue weighted by Crippen LogP contribution is -2.54. The smallest absolute Gasteiger partial charge is 0.264 e. The van der Waals surface area contributed by atoms with E-state index in [1.165, 1.54) is 16.4 Å². The fourth-order valence-corrected chi connectivity index (χ4v) is 7.93. The third-order valence-corrected chi connectivity index (χ3v) is 10.9. The van der Waals surface area contributed by atoms with Gasteiger partial charge in [-0.15, -0.1) is 0 Å². The third kappa shape index (κ3) is 8.06. The summed E-state index contributed by atoms with van der Waals surface area (Å²) in [5.41, 5.74) is 3.81. The van der Waals surface area contributed by atoms with Crippen LogP contribution in [0.4, 0.5) is 5.69 Å². The van der Waals surface area contributed by atoms with E-state index < -0.39 is 28.5 Å². The van der Waals surface area contributed by atoms with Crippen LogP contribution in [0.15, 0.2) is 112 Å².